The average molecular weight is 470 g/mol. The Labute approximate surface area is 184 Å². The van der Waals surface area contributed by atoms with Crippen LogP contribution in [0.2, 0.25) is 5.02 Å². The van der Waals surface area contributed by atoms with E-state index in [1.165, 1.54) is 57.6 Å². The van der Waals surface area contributed by atoms with Crippen molar-refractivity contribution >= 4 is 39.4 Å². The number of hydrogen-bond acceptors (Lipinski definition) is 7. The fourth-order valence-corrected chi connectivity index (χ4v) is 3.42. The van der Waals surface area contributed by atoms with E-state index in [-0.39, 0.29) is 21.8 Å². The molecule has 0 aromatic heterocycles. The highest BCUT2D eigenvalue weighted by molar-refractivity contribution is 7.89. The molecule has 0 fully saturated rings. The molecule has 0 atom stereocenters. The van der Waals surface area contributed by atoms with Crippen molar-refractivity contribution in [1.82, 2.24) is 15.2 Å². The first-order valence-electron chi connectivity index (χ1n) is 8.68. The van der Waals surface area contributed by atoms with Gasteiger partial charge in [0.15, 0.2) is 6.61 Å². The van der Waals surface area contributed by atoms with Crippen LogP contribution >= 0.6 is 11.6 Å². The lowest BCUT2D eigenvalue weighted by atomic mass is 10.2. The number of hydrazine groups is 1. The van der Waals surface area contributed by atoms with Gasteiger partial charge in [-0.15, -0.1) is 0 Å². The summed E-state index contributed by atoms with van der Waals surface area (Å²) in [5.74, 6) is -2.18. The summed E-state index contributed by atoms with van der Waals surface area (Å²) in [6.07, 6.45) is 0. The molecule has 0 aliphatic rings. The SMILES string of the molecule is COc1ccc(Cl)cc1C(=O)NNC(=O)COC(=O)c1cccc(S(=O)(=O)N(C)C)c1. The minimum Gasteiger partial charge on any atom is -0.496 e. The molecular weight excluding hydrogens is 450 g/mol. The Bertz CT molecular complexity index is 1100. The second kappa shape index (κ2) is 10.2. The molecule has 0 spiro atoms. The smallest absolute Gasteiger partial charge is 0.338 e. The highest BCUT2D eigenvalue weighted by Gasteiger charge is 2.20. The van der Waals surface area contributed by atoms with Crippen molar-refractivity contribution in [3.8, 4) is 5.75 Å². The van der Waals surface area contributed by atoms with Gasteiger partial charge in [0, 0.05) is 19.1 Å². The Hall–Kier alpha value is -3.15. The van der Waals surface area contributed by atoms with Crippen molar-refractivity contribution in [3.63, 3.8) is 0 Å². The Morgan fingerprint density at radius 2 is 1.77 bits per heavy atom. The molecule has 2 rings (SSSR count). The molecule has 31 heavy (non-hydrogen) atoms. The summed E-state index contributed by atoms with van der Waals surface area (Å²) in [5, 5.41) is 0.296. The van der Waals surface area contributed by atoms with E-state index in [4.69, 9.17) is 21.1 Å². The number of carbonyl (C=O) groups excluding carboxylic acids is 3. The number of hydrogen-bond donors (Lipinski definition) is 2. The summed E-state index contributed by atoms with van der Waals surface area (Å²) < 4.78 is 35.2. The van der Waals surface area contributed by atoms with Gasteiger partial charge in [-0.3, -0.25) is 20.4 Å². The lowest BCUT2D eigenvalue weighted by Gasteiger charge is -2.12. The number of nitrogens with one attached hydrogen (secondary N) is 2. The van der Waals surface area contributed by atoms with Crippen LogP contribution in [0.1, 0.15) is 20.7 Å². The molecule has 0 aliphatic heterocycles. The van der Waals surface area contributed by atoms with Crippen LogP contribution in [0.4, 0.5) is 0 Å². The normalized spacial score (nSPS) is 11.0. The first-order valence-corrected chi connectivity index (χ1v) is 10.5. The lowest BCUT2D eigenvalue weighted by Crippen LogP contribution is -2.43. The molecule has 2 aromatic carbocycles. The van der Waals surface area contributed by atoms with Crippen molar-refractivity contribution in [2.45, 2.75) is 4.90 Å². The van der Waals surface area contributed by atoms with Crippen LogP contribution in [0, 0.1) is 0 Å². The highest BCUT2D eigenvalue weighted by atomic mass is 35.5. The van der Waals surface area contributed by atoms with Crippen LogP contribution < -0.4 is 15.6 Å². The summed E-state index contributed by atoms with van der Waals surface area (Å²) in [6, 6.07) is 9.59. The molecule has 2 N–H and O–H groups in total. The number of benzene rings is 2. The third-order valence-corrected chi connectivity index (χ3v) is 5.95. The summed E-state index contributed by atoms with van der Waals surface area (Å²) in [6.45, 7) is -0.712. The van der Waals surface area contributed by atoms with E-state index in [1.807, 2.05) is 0 Å². The summed E-state index contributed by atoms with van der Waals surface area (Å²) in [7, 11) is 0.352. The first-order chi connectivity index (χ1) is 14.6. The number of nitrogens with zero attached hydrogens (tertiary/aromatic N) is 1. The second-order valence-corrected chi connectivity index (χ2v) is 8.83. The zero-order valence-electron chi connectivity index (χ0n) is 16.8. The predicted octanol–water partition coefficient (Wildman–Crippen LogP) is 1.22. The molecule has 0 saturated heterocycles. The summed E-state index contributed by atoms with van der Waals surface area (Å²) in [5.41, 5.74) is 4.28. The summed E-state index contributed by atoms with van der Waals surface area (Å²) in [4.78, 5) is 36.1. The molecule has 2 amide bonds. The van der Waals surface area contributed by atoms with E-state index in [0.717, 1.165) is 10.4 Å². The molecule has 0 radical (unpaired) electrons. The molecule has 0 bridgehead atoms. The van der Waals surface area contributed by atoms with Crippen molar-refractivity contribution in [3.05, 3.63) is 58.6 Å². The van der Waals surface area contributed by atoms with Crippen LogP contribution in [0.15, 0.2) is 47.4 Å². The van der Waals surface area contributed by atoms with Gasteiger partial charge in [-0.1, -0.05) is 17.7 Å². The molecule has 0 heterocycles. The van der Waals surface area contributed by atoms with Crippen LogP contribution in [0.5, 0.6) is 5.75 Å². The zero-order valence-corrected chi connectivity index (χ0v) is 18.4. The van der Waals surface area contributed by atoms with Crippen molar-refractivity contribution in [1.29, 1.82) is 0 Å². The maximum Gasteiger partial charge on any atom is 0.338 e. The average Bonchev–Trinajstić information content (AvgIpc) is 2.75. The van der Waals surface area contributed by atoms with E-state index in [0.29, 0.717) is 5.02 Å². The number of esters is 1. The molecule has 12 heteroatoms. The second-order valence-electron chi connectivity index (χ2n) is 6.24. The van der Waals surface area contributed by atoms with Crippen molar-refractivity contribution in [2.24, 2.45) is 0 Å². The first kappa shape index (κ1) is 24.1. The van der Waals surface area contributed by atoms with Gasteiger partial charge in [-0.25, -0.2) is 17.5 Å². The van der Waals surface area contributed by atoms with Gasteiger partial charge >= 0.3 is 5.97 Å². The maximum atomic E-state index is 12.2. The Morgan fingerprint density at radius 1 is 1.06 bits per heavy atom. The minimum absolute atomic E-state index is 0.0524. The Balaban J connectivity index is 1.94. The zero-order chi connectivity index (χ0) is 23.2. The number of carbonyl (C=O) groups is 3. The van der Waals surface area contributed by atoms with Crippen LogP contribution in [0.25, 0.3) is 0 Å². The summed E-state index contributed by atoms with van der Waals surface area (Å²) >= 11 is 5.86. The number of sulfonamides is 1. The molecule has 10 nitrogen and oxygen atoms in total. The van der Waals surface area contributed by atoms with E-state index >= 15 is 0 Å². The van der Waals surface area contributed by atoms with Crippen LogP contribution in [0.3, 0.4) is 0 Å². The quantitative estimate of drug-likeness (QED) is 0.460. The minimum atomic E-state index is -3.74. The van der Waals surface area contributed by atoms with E-state index in [9.17, 15) is 22.8 Å². The molecule has 0 saturated carbocycles. The van der Waals surface area contributed by atoms with E-state index in [2.05, 4.69) is 10.9 Å². The Morgan fingerprint density at radius 3 is 2.42 bits per heavy atom. The van der Waals surface area contributed by atoms with Crippen LogP contribution in [-0.2, 0) is 19.6 Å². The van der Waals surface area contributed by atoms with Crippen molar-refractivity contribution < 1.29 is 32.3 Å². The fourth-order valence-electron chi connectivity index (χ4n) is 2.30. The highest BCUT2D eigenvalue weighted by Crippen LogP contribution is 2.22. The molecule has 2 aromatic rings. The Kier molecular flexibility index (Phi) is 7.97. The molecule has 0 aliphatic carbocycles. The third kappa shape index (κ3) is 6.17. The number of halogens is 1. The fraction of sp³-hybridized carbons (Fsp3) is 0.211. The van der Waals surface area contributed by atoms with E-state index in [1.54, 1.807) is 0 Å². The monoisotopic (exact) mass is 469 g/mol. The maximum absolute atomic E-state index is 12.2. The molecule has 166 valence electrons. The molecular formula is C19H20ClN3O7S. The van der Waals surface area contributed by atoms with Gasteiger partial charge in [-0.05, 0) is 36.4 Å². The van der Waals surface area contributed by atoms with Gasteiger partial charge in [-0.2, -0.15) is 0 Å². The number of rotatable bonds is 7. The van der Waals surface area contributed by atoms with Crippen LogP contribution in [-0.4, -0.2) is 58.3 Å². The topological polar surface area (TPSA) is 131 Å². The van der Waals surface area contributed by atoms with Gasteiger partial charge in [0.2, 0.25) is 10.0 Å². The van der Waals surface area contributed by atoms with Crippen molar-refractivity contribution in [2.75, 3.05) is 27.8 Å². The lowest BCUT2D eigenvalue weighted by molar-refractivity contribution is -0.125. The van der Waals surface area contributed by atoms with Gasteiger partial charge < -0.3 is 9.47 Å². The molecule has 0 unspecified atom stereocenters. The predicted molar refractivity (Wildman–Crippen MR) is 111 cm³/mol. The standard InChI is InChI=1S/C19H20ClN3O7S/c1-23(2)31(27,28)14-6-4-5-12(9-14)19(26)30-11-17(24)21-22-18(25)15-10-13(20)7-8-16(15)29-3/h4-10H,11H2,1-3H3,(H,21,24)(H,22,25). The number of methoxy groups -OCH3 is 1. The van der Waals surface area contributed by atoms with Gasteiger partial charge in [0.25, 0.3) is 11.8 Å². The van der Waals surface area contributed by atoms with E-state index < -0.39 is 34.4 Å². The largest absolute Gasteiger partial charge is 0.496 e. The third-order valence-electron chi connectivity index (χ3n) is 3.90. The van der Waals surface area contributed by atoms with Gasteiger partial charge in [0.05, 0.1) is 23.1 Å². The number of ether oxygens (including phenoxy) is 2. The van der Waals surface area contributed by atoms with Gasteiger partial charge in [0.1, 0.15) is 5.75 Å². The number of amides is 2.